The highest BCUT2D eigenvalue weighted by atomic mass is 16.5. The molecule has 7 nitrogen and oxygen atoms in total. The van der Waals surface area contributed by atoms with Gasteiger partial charge in [0.25, 0.3) is 11.5 Å². The first-order valence-electron chi connectivity index (χ1n) is 7.94. The summed E-state index contributed by atoms with van der Waals surface area (Å²) < 4.78 is 12.2. The SMILES string of the molecule is CCOc1ccc(/C=N\NC(=O)c2cccn(CC)c2=O)cc1OC. The van der Waals surface area contributed by atoms with E-state index < -0.39 is 5.91 Å². The molecule has 0 radical (unpaired) electrons. The smallest absolute Gasteiger partial charge is 0.276 e. The number of amides is 1. The molecule has 1 heterocycles. The predicted molar refractivity (Wildman–Crippen MR) is 95.6 cm³/mol. The van der Waals surface area contributed by atoms with Crippen molar-refractivity contribution in [2.75, 3.05) is 13.7 Å². The molecule has 0 unspecified atom stereocenters. The summed E-state index contributed by atoms with van der Waals surface area (Å²) in [6.45, 7) is 4.75. The van der Waals surface area contributed by atoms with Gasteiger partial charge in [0.2, 0.25) is 0 Å². The maximum Gasteiger partial charge on any atom is 0.276 e. The van der Waals surface area contributed by atoms with Crippen LogP contribution in [0.4, 0.5) is 0 Å². The molecule has 0 aliphatic carbocycles. The van der Waals surface area contributed by atoms with Crippen LogP contribution in [0.1, 0.15) is 29.8 Å². The van der Waals surface area contributed by atoms with Gasteiger partial charge in [0.1, 0.15) is 5.56 Å². The minimum Gasteiger partial charge on any atom is -0.493 e. The average Bonchev–Trinajstić information content (AvgIpc) is 2.63. The lowest BCUT2D eigenvalue weighted by molar-refractivity contribution is 0.0953. The van der Waals surface area contributed by atoms with E-state index in [0.29, 0.717) is 24.7 Å². The van der Waals surface area contributed by atoms with E-state index in [1.807, 2.05) is 13.8 Å². The number of carbonyl (C=O) groups is 1. The number of rotatable bonds is 7. The molecule has 0 fully saturated rings. The Labute approximate surface area is 145 Å². The normalized spacial score (nSPS) is 10.7. The number of carbonyl (C=O) groups excluding carboxylic acids is 1. The standard InChI is InChI=1S/C18H21N3O4/c1-4-21-10-6-7-14(18(21)23)17(22)20-19-12-13-8-9-15(25-5-2)16(11-13)24-3/h6-12H,4-5H2,1-3H3,(H,20,22)/b19-12-. The van der Waals surface area contributed by atoms with Gasteiger partial charge in [0, 0.05) is 12.7 Å². The number of hydrazone groups is 1. The zero-order valence-corrected chi connectivity index (χ0v) is 14.5. The third kappa shape index (κ3) is 4.47. The van der Waals surface area contributed by atoms with Gasteiger partial charge < -0.3 is 14.0 Å². The highest BCUT2D eigenvalue weighted by Gasteiger charge is 2.10. The van der Waals surface area contributed by atoms with E-state index in [1.54, 1.807) is 37.6 Å². The molecule has 0 bridgehead atoms. The van der Waals surface area contributed by atoms with E-state index in [0.717, 1.165) is 5.56 Å². The number of nitrogens with one attached hydrogen (secondary N) is 1. The van der Waals surface area contributed by atoms with E-state index in [-0.39, 0.29) is 11.1 Å². The number of ether oxygens (including phenoxy) is 2. The quantitative estimate of drug-likeness (QED) is 0.616. The van der Waals surface area contributed by atoms with E-state index in [1.165, 1.54) is 16.8 Å². The van der Waals surface area contributed by atoms with Gasteiger partial charge in [-0.3, -0.25) is 9.59 Å². The van der Waals surface area contributed by atoms with Crippen LogP contribution >= 0.6 is 0 Å². The molecule has 2 rings (SSSR count). The van der Waals surface area contributed by atoms with Crippen molar-refractivity contribution >= 4 is 12.1 Å². The first-order chi connectivity index (χ1) is 12.1. The molecule has 2 aromatic rings. The summed E-state index contributed by atoms with van der Waals surface area (Å²) in [6, 6.07) is 8.42. The fourth-order valence-electron chi connectivity index (χ4n) is 2.22. The molecule has 25 heavy (non-hydrogen) atoms. The van der Waals surface area contributed by atoms with Gasteiger partial charge in [0.15, 0.2) is 11.5 Å². The molecule has 7 heteroatoms. The molecule has 0 atom stereocenters. The van der Waals surface area contributed by atoms with E-state index in [2.05, 4.69) is 10.5 Å². The van der Waals surface area contributed by atoms with Gasteiger partial charge in [-0.25, -0.2) is 5.43 Å². The zero-order valence-electron chi connectivity index (χ0n) is 14.5. The van der Waals surface area contributed by atoms with Gasteiger partial charge in [0.05, 0.1) is 19.9 Å². The zero-order chi connectivity index (χ0) is 18.2. The molecule has 0 spiro atoms. The second kappa shape index (κ2) is 8.68. The van der Waals surface area contributed by atoms with E-state index >= 15 is 0 Å². The van der Waals surface area contributed by atoms with Crippen molar-refractivity contribution in [3.05, 3.63) is 58.0 Å². The summed E-state index contributed by atoms with van der Waals surface area (Å²) in [6.07, 6.45) is 3.10. The molecule has 132 valence electrons. The fraction of sp³-hybridized carbons (Fsp3) is 0.278. The maximum absolute atomic E-state index is 12.1. The third-order valence-electron chi connectivity index (χ3n) is 3.47. The Morgan fingerprint density at radius 2 is 2.08 bits per heavy atom. The van der Waals surface area contributed by atoms with Crippen molar-refractivity contribution in [1.29, 1.82) is 0 Å². The Hall–Kier alpha value is -3.09. The number of benzene rings is 1. The molecule has 0 aliphatic rings. The largest absolute Gasteiger partial charge is 0.493 e. The first kappa shape index (κ1) is 18.3. The van der Waals surface area contributed by atoms with Crippen molar-refractivity contribution in [1.82, 2.24) is 9.99 Å². The summed E-state index contributed by atoms with van der Waals surface area (Å²) in [4.78, 5) is 24.2. The van der Waals surface area contributed by atoms with Crippen LogP contribution in [0.3, 0.4) is 0 Å². The Kier molecular flexibility index (Phi) is 6.33. The number of hydrogen-bond donors (Lipinski definition) is 1. The molecule has 1 amide bonds. The number of aromatic nitrogens is 1. The van der Waals surface area contributed by atoms with Crippen molar-refractivity contribution in [3.8, 4) is 11.5 Å². The number of nitrogens with zero attached hydrogens (tertiary/aromatic N) is 2. The van der Waals surface area contributed by atoms with Crippen LogP contribution in [-0.4, -0.2) is 30.4 Å². The van der Waals surface area contributed by atoms with Crippen molar-refractivity contribution in [3.63, 3.8) is 0 Å². The monoisotopic (exact) mass is 343 g/mol. The summed E-state index contributed by atoms with van der Waals surface area (Å²) in [5.74, 6) is 0.656. The highest BCUT2D eigenvalue weighted by molar-refractivity contribution is 5.94. The molecule has 0 saturated carbocycles. The summed E-state index contributed by atoms with van der Waals surface area (Å²) in [5, 5.41) is 3.90. The first-order valence-corrected chi connectivity index (χ1v) is 7.94. The average molecular weight is 343 g/mol. The predicted octanol–water partition coefficient (Wildman–Crippen LogP) is 2.04. The van der Waals surface area contributed by atoms with E-state index in [4.69, 9.17) is 9.47 Å². The lowest BCUT2D eigenvalue weighted by Gasteiger charge is -2.09. The maximum atomic E-state index is 12.1. The Bertz CT molecular complexity index is 827. The van der Waals surface area contributed by atoms with Gasteiger partial charge in [-0.1, -0.05) is 0 Å². The molecule has 1 aromatic heterocycles. The van der Waals surface area contributed by atoms with Crippen LogP contribution in [0.2, 0.25) is 0 Å². The molecule has 1 aromatic carbocycles. The second-order valence-corrected chi connectivity index (χ2v) is 5.06. The molecule has 0 saturated heterocycles. The molecular formula is C18H21N3O4. The van der Waals surface area contributed by atoms with Crippen LogP contribution in [0, 0.1) is 0 Å². The summed E-state index contributed by atoms with van der Waals surface area (Å²) >= 11 is 0. The molecule has 0 aliphatic heterocycles. The topological polar surface area (TPSA) is 81.9 Å². The molecule has 1 N–H and O–H groups in total. The Morgan fingerprint density at radius 3 is 2.76 bits per heavy atom. The number of hydrogen-bond acceptors (Lipinski definition) is 5. The van der Waals surface area contributed by atoms with Gasteiger partial charge in [-0.15, -0.1) is 0 Å². The van der Waals surface area contributed by atoms with Crippen molar-refractivity contribution in [2.24, 2.45) is 5.10 Å². The number of pyridine rings is 1. The number of aryl methyl sites for hydroxylation is 1. The van der Waals surface area contributed by atoms with Gasteiger partial charge in [-0.05, 0) is 49.7 Å². The number of methoxy groups -OCH3 is 1. The van der Waals surface area contributed by atoms with Crippen LogP contribution in [0.25, 0.3) is 0 Å². The van der Waals surface area contributed by atoms with Crippen LogP contribution < -0.4 is 20.5 Å². The van der Waals surface area contributed by atoms with Crippen molar-refractivity contribution < 1.29 is 14.3 Å². The van der Waals surface area contributed by atoms with Gasteiger partial charge >= 0.3 is 0 Å². The Balaban J connectivity index is 2.10. The minimum atomic E-state index is -0.554. The highest BCUT2D eigenvalue weighted by Crippen LogP contribution is 2.27. The van der Waals surface area contributed by atoms with Crippen LogP contribution in [-0.2, 0) is 6.54 Å². The fourth-order valence-corrected chi connectivity index (χ4v) is 2.22. The summed E-state index contributed by atoms with van der Waals surface area (Å²) in [7, 11) is 1.55. The third-order valence-corrected chi connectivity index (χ3v) is 3.47. The lowest BCUT2D eigenvalue weighted by Crippen LogP contribution is -2.30. The van der Waals surface area contributed by atoms with Crippen LogP contribution in [0.5, 0.6) is 11.5 Å². The second-order valence-electron chi connectivity index (χ2n) is 5.06. The van der Waals surface area contributed by atoms with Crippen molar-refractivity contribution in [2.45, 2.75) is 20.4 Å². The van der Waals surface area contributed by atoms with E-state index in [9.17, 15) is 9.59 Å². The van der Waals surface area contributed by atoms with Crippen LogP contribution in [0.15, 0.2) is 46.4 Å². The Morgan fingerprint density at radius 1 is 1.28 bits per heavy atom. The summed E-state index contributed by atoms with van der Waals surface area (Å²) in [5.41, 5.74) is 2.78. The minimum absolute atomic E-state index is 0.0470. The van der Waals surface area contributed by atoms with Gasteiger partial charge in [-0.2, -0.15) is 5.10 Å². The molecular weight excluding hydrogens is 322 g/mol. The lowest BCUT2D eigenvalue weighted by atomic mass is 10.2.